The van der Waals surface area contributed by atoms with Crippen LogP contribution in [-0.2, 0) is 16.6 Å². The number of rotatable bonds is 6. The molecule has 10 heteroatoms. The molecule has 148 valence electrons. The first-order valence-corrected chi connectivity index (χ1v) is 11.4. The van der Waals surface area contributed by atoms with E-state index in [1.165, 1.54) is 0 Å². The molecule has 0 bridgehead atoms. The zero-order valence-corrected chi connectivity index (χ0v) is 17.6. The zero-order valence-electron chi connectivity index (χ0n) is 15.2. The highest BCUT2D eigenvalue weighted by molar-refractivity contribution is 7.89. The average molecular weight is 447 g/mol. The van der Waals surface area contributed by atoms with E-state index in [0.717, 1.165) is 28.8 Å². The lowest BCUT2D eigenvalue weighted by Crippen LogP contribution is -2.29. The van der Waals surface area contributed by atoms with Crippen LogP contribution in [0.4, 0.5) is 10.8 Å². The van der Waals surface area contributed by atoms with Crippen molar-refractivity contribution in [1.82, 2.24) is 9.71 Å². The number of nitriles is 1. The van der Waals surface area contributed by atoms with Crippen molar-refractivity contribution < 1.29 is 13.2 Å². The number of amides is 1. The van der Waals surface area contributed by atoms with Crippen LogP contribution in [0.25, 0.3) is 0 Å². The van der Waals surface area contributed by atoms with Gasteiger partial charge in [-0.2, -0.15) is 5.26 Å². The van der Waals surface area contributed by atoms with Gasteiger partial charge in [0.2, 0.25) is 10.0 Å². The van der Waals surface area contributed by atoms with Gasteiger partial charge < -0.3 is 4.90 Å². The minimum Gasteiger partial charge on any atom is -0.313 e. The van der Waals surface area contributed by atoms with Crippen LogP contribution in [0.5, 0.6) is 0 Å². The second kappa shape index (κ2) is 8.61. The number of nitrogens with zero attached hydrogens (tertiary/aromatic N) is 3. The van der Waals surface area contributed by atoms with Crippen LogP contribution < -0.4 is 9.62 Å². The number of aromatic nitrogens is 1. The molecule has 2 aromatic carbocycles. The van der Waals surface area contributed by atoms with Gasteiger partial charge in [-0.05, 0) is 29.8 Å². The van der Waals surface area contributed by atoms with E-state index < -0.39 is 15.9 Å². The number of carbonyl (C=O) groups is 1. The van der Waals surface area contributed by atoms with Crippen molar-refractivity contribution >= 4 is 49.7 Å². The fourth-order valence-electron chi connectivity index (χ4n) is 2.51. The van der Waals surface area contributed by atoms with Gasteiger partial charge in [0, 0.05) is 5.69 Å². The molecule has 1 heterocycles. The minimum absolute atomic E-state index is 0.0767. The first kappa shape index (κ1) is 20.8. The smallest absolute Gasteiger partial charge is 0.285 e. The Balaban J connectivity index is 2.00. The molecule has 3 aromatic rings. The zero-order chi connectivity index (χ0) is 21.0. The molecule has 0 aliphatic heterocycles. The van der Waals surface area contributed by atoms with E-state index in [1.807, 2.05) is 40.0 Å². The lowest BCUT2D eigenvalue weighted by molar-refractivity contribution is 0.0977. The number of halogens is 1. The molecular weight excluding hydrogens is 432 g/mol. The van der Waals surface area contributed by atoms with E-state index in [0.29, 0.717) is 17.2 Å². The summed E-state index contributed by atoms with van der Waals surface area (Å²) in [6, 6.07) is 18.6. The van der Waals surface area contributed by atoms with Gasteiger partial charge in [0.15, 0.2) is 10.8 Å². The third kappa shape index (κ3) is 5.32. The highest BCUT2D eigenvalue weighted by atomic mass is 35.5. The Hall–Kier alpha value is -2.93. The van der Waals surface area contributed by atoms with Gasteiger partial charge in [-0.1, -0.05) is 53.3 Å². The van der Waals surface area contributed by atoms with Gasteiger partial charge in [0.25, 0.3) is 5.91 Å². The van der Waals surface area contributed by atoms with Crippen LogP contribution in [0, 0.1) is 11.3 Å². The summed E-state index contributed by atoms with van der Waals surface area (Å²) < 4.78 is 24.7. The molecule has 0 unspecified atom stereocenters. The van der Waals surface area contributed by atoms with Crippen LogP contribution in [0.1, 0.15) is 21.6 Å². The first-order chi connectivity index (χ1) is 13.8. The van der Waals surface area contributed by atoms with Gasteiger partial charge in [0.1, 0.15) is 4.34 Å². The summed E-state index contributed by atoms with van der Waals surface area (Å²) in [5.41, 5.74) is 2.08. The number of anilines is 2. The average Bonchev–Trinajstić information content (AvgIpc) is 3.07. The van der Waals surface area contributed by atoms with Gasteiger partial charge in [-0.15, -0.1) is 0 Å². The molecule has 0 radical (unpaired) electrons. The first-order valence-electron chi connectivity index (χ1n) is 8.27. The summed E-state index contributed by atoms with van der Waals surface area (Å²) in [6.07, 6.45) is 0.880. The van der Waals surface area contributed by atoms with Gasteiger partial charge in [0.05, 0.1) is 24.4 Å². The Labute approximate surface area is 177 Å². The third-order valence-electron chi connectivity index (χ3n) is 3.79. The molecule has 29 heavy (non-hydrogen) atoms. The molecule has 0 fully saturated rings. The van der Waals surface area contributed by atoms with E-state index in [1.54, 1.807) is 24.3 Å². The van der Waals surface area contributed by atoms with Crippen molar-refractivity contribution in [3.8, 4) is 6.07 Å². The molecular formula is C19H15ClN4O3S2. The van der Waals surface area contributed by atoms with Crippen molar-refractivity contribution in [3.05, 3.63) is 75.8 Å². The van der Waals surface area contributed by atoms with Gasteiger partial charge in [-0.3, -0.25) is 4.79 Å². The largest absolute Gasteiger partial charge is 0.313 e. The van der Waals surface area contributed by atoms with Crippen LogP contribution in [0.15, 0.2) is 54.6 Å². The Bertz CT molecular complexity index is 1170. The summed E-state index contributed by atoms with van der Waals surface area (Å²) in [4.78, 5) is 18.3. The molecule has 0 spiro atoms. The monoisotopic (exact) mass is 446 g/mol. The highest BCUT2D eigenvalue weighted by Gasteiger charge is 2.23. The normalized spacial score (nSPS) is 10.9. The van der Waals surface area contributed by atoms with Crippen molar-refractivity contribution in [3.63, 3.8) is 0 Å². The number of hydrogen-bond donors (Lipinski definition) is 1. The fourth-order valence-corrected chi connectivity index (χ4v) is 4.10. The maximum Gasteiger partial charge on any atom is 0.285 e. The second-order valence-corrected chi connectivity index (χ2v) is 9.38. The van der Waals surface area contributed by atoms with Crippen LogP contribution in [-0.4, -0.2) is 25.6 Å². The summed E-state index contributed by atoms with van der Waals surface area (Å²) in [6.45, 7) is 0.434. The Morgan fingerprint density at radius 1 is 1.21 bits per heavy atom. The van der Waals surface area contributed by atoms with Gasteiger partial charge in [-0.25, -0.2) is 18.1 Å². The predicted octanol–water partition coefficient (Wildman–Crippen LogP) is 3.70. The molecule has 0 aliphatic carbocycles. The SMILES string of the molecule is CS(=O)(=O)NC(=O)c1nc(N(Cc2ccccc2)c2ccc(C#N)cc2)sc1Cl. The summed E-state index contributed by atoms with van der Waals surface area (Å²) in [5.74, 6) is -0.889. The van der Waals surface area contributed by atoms with E-state index >= 15 is 0 Å². The molecule has 7 nitrogen and oxygen atoms in total. The Morgan fingerprint density at radius 3 is 2.45 bits per heavy atom. The molecule has 1 amide bonds. The number of carbonyl (C=O) groups excluding carboxylic acids is 1. The van der Waals surface area contributed by atoms with E-state index in [9.17, 15) is 13.2 Å². The number of thiazole rings is 1. The van der Waals surface area contributed by atoms with Crippen molar-refractivity contribution in [1.29, 1.82) is 5.26 Å². The Kier molecular flexibility index (Phi) is 6.17. The van der Waals surface area contributed by atoms with E-state index in [-0.39, 0.29) is 10.0 Å². The van der Waals surface area contributed by atoms with Crippen LogP contribution >= 0.6 is 22.9 Å². The number of hydrogen-bond acceptors (Lipinski definition) is 7. The lowest BCUT2D eigenvalue weighted by Gasteiger charge is -2.22. The van der Waals surface area contributed by atoms with Gasteiger partial charge >= 0.3 is 0 Å². The topological polar surface area (TPSA) is 103 Å². The summed E-state index contributed by atoms with van der Waals surface area (Å²) in [5, 5.41) is 9.45. The van der Waals surface area contributed by atoms with E-state index in [4.69, 9.17) is 16.9 Å². The third-order valence-corrected chi connectivity index (χ3v) is 5.62. The highest BCUT2D eigenvalue weighted by Crippen LogP contribution is 2.36. The molecule has 3 rings (SSSR count). The number of nitrogens with one attached hydrogen (secondary N) is 1. The minimum atomic E-state index is -3.75. The second-order valence-electron chi connectivity index (χ2n) is 6.05. The van der Waals surface area contributed by atoms with Crippen molar-refractivity contribution in [2.24, 2.45) is 0 Å². The maximum atomic E-state index is 12.2. The van der Waals surface area contributed by atoms with Crippen molar-refractivity contribution in [2.45, 2.75) is 6.54 Å². The Morgan fingerprint density at radius 2 is 1.86 bits per heavy atom. The summed E-state index contributed by atoms with van der Waals surface area (Å²) >= 11 is 7.24. The molecule has 1 aromatic heterocycles. The number of sulfonamides is 1. The molecule has 0 aliphatic rings. The molecule has 0 saturated carbocycles. The number of benzene rings is 2. The van der Waals surface area contributed by atoms with Crippen LogP contribution in [0.3, 0.4) is 0 Å². The quantitative estimate of drug-likeness (QED) is 0.619. The van der Waals surface area contributed by atoms with E-state index in [2.05, 4.69) is 11.1 Å². The molecule has 0 atom stereocenters. The molecule has 0 saturated heterocycles. The predicted molar refractivity (Wildman–Crippen MR) is 113 cm³/mol. The standard InChI is InChI=1S/C19H15ClN4O3S2/c1-29(26,27)23-18(25)16-17(20)28-19(22-16)24(12-14-5-3-2-4-6-14)15-9-7-13(11-21)8-10-15/h2-10H,12H2,1H3,(H,23,25). The summed E-state index contributed by atoms with van der Waals surface area (Å²) in [7, 11) is -3.75. The maximum absolute atomic E-state index is 12.2. The van der Waals surface area contributed by atoms with Crippen LogP contribution in [0.2, 0.25) is 4.34 Å². The molecule has 1 N–H and O–H groups in total. The lowest BCUT2D eigenvalue weighted by atomic mass is 10.2. The fraction of sp³-hybridized carbons (Fsp3) is 0.105. The van der Waals surface area contributed by atoms with Crippen molar-refractivity contribution in [2.75, 3.05) is 11.2 Å².